The van der Waals surface area contributed by atoms with Gasteiger partial charge in [-0.1, -0.05) is 0 Å². The SMILES string of the molecule is CC(C)n1ccnc(N2CCC[C@@H](N)C2)c1=O. The monoisotopic (exact) mass is 236 g/mol. The van der Waals surface area contributed by atoms with Gasteiger partial charge in [0.05, 0.1) is 0 Å². The lowest BCUT2D eigenvalue weighted by atomic mass is 10.1. The molecule has 2 N–H and O–H groups in total. The number of rotatable bonds is 2. The highest BCUT2D eigenvalue weighted by Crippen LogP contribution is 2.13. The number of aromatic nitrogens is 2. The Morgan fingerprint density at radius 2 is 2.29 bits per heavy atom. The molecule has 5 nitrogen and oxygen atoms in total. The first kappa shape index (κ1) is 12.1. The normalized spacial score (nSPS) is 20.9. The van der Waals surface area contributed by atoms with Crippen LogP contribution in [0.25, 0.3) is 0 Å². The van der Waals surface area contributed by atoms with Crippen LogP contribution in [0.5, 0.6) is 0 Å². The molecule has 0 radical (unpaired) electrons. The first-order chi connectivity index (χ1) is 8.09. The Bertz CT molecular complexity index is 440. The molecule has 0 spiro atoms. The van der Waals surface area contributed by atoms with E-state index in [1.54, 1.807) is 17.0 Å². The van der Waals surface area contributed by atoms with Gasteiger partial charge < -0.3 is 15.2 Å². The molecule has 94 valence electrons. The third-order valence-corrected chi connectivity index (χ3v) is 3.16. The summed E-state index contributed by atoms with van der Waals surface area (Å²) in [7, 11) is 0. The number of piperidine rings is 1. The predicted molar refractivity (Wildman–Crippen MR) is 68.3 cm³/mol. The Morgan fingerprint density at radius 3 is 2.94 bits per heavy atom. The number of nitrogens with two attached hydrogens (primary N) is 1. The molecular formula is C12H20N4O. The molecular weight excluding hydrogens is 216 g/mol. The van der Waals surface area contributed by atoms with E-state index in [1.807, 2.05) is 18.7 Å². The summed E-state index contributed by atoms with van der Waals surface area (Å²) >= 11 is 0. The van der Waals surface area contributed by atoms with E-state index in [4.69, 9.17) is 5.73 Å². The fraction of sp³-hybridized carbons (Fsp3) is 0.667. The first-order valence-electron chi connectivity index (χ1n) is 6.17. The van der Waals surface area contributed by atoms with Crippen LogP contribution in [0.4, 0.5) is 5.82 Å². The molecule has 0 saturated carbocycles. The average molecular weight is 236 g/mol. The number of anilines is 1. The molecule has 0 bridgehead atoms. The van der Waals surface area contributed by atoms with Crippen LogP contribution in [0, 0.1) is 0 Å². The maximum atomic E-state index is 12.2. The van der Waals surface area contributed by atoms with E-state index < -0.39 is 0 Å². The molecule has 0 amide bonds. The van der Waals surface area contributed by atoms with Crippen LogP contribution in [0.2, 0.25) is 0 Å². The third kappa shape index (κ3) is 2.49. The van der Waals surface area contributed by atoms with Crippen molar-refractivity contribution < 1.29 is 0 Å². The summed E-state index contributed by atoms with van der Waals surface area (Å²) in [6.07, 6.45) is 5.48. The minimum atomic E-state index is -0.0170. The van der Waals surface area contributed by atoms with Crippen molar-refractivity contribution in [1.82, 2.24) is 9.55 Å². The number of hydrogen-bond donors (Lipinski definition) is 1. The molecule has 0 aliphatic carbocycles. The van der Waals surface area contributed by atoms with Gasteiger partial charge in [-0.25, -0.2) is 4.98 Å². The summed E-state index contributed by atoms with van der Waals surface area (Å²) in [5, 5.41) is 0. The Balaban J connectivity index is 2.32. The maximum Gasteiger partial charge on any atom is 0.293 e. The van der Waals surface area contributed by atoms with Crippen molar-refractivity contribution in [3.05, 3.63) is 22.7 Å². The molecule has 2 rings (SSSR count). The van der Waals surface area contributed by atoms with E-state index in [2.05, 4.69) is 4.98 Å². The highest BCUT2D eigenvalue weighted by atomic mass is 16.1. The first-order valence-corrected chi connectivity index (χ1v) is 6.17. The van der Waals surface area contributed by atoms with Crippen molar-refractivity contribution in [2.45, 2.75) is 38.8 Å². The van der Waals surface area contributed by atoms with Crippen LogP contribution in [0.1, 0.15) is 32.7 Å². The summed E-state index contributed by atoms with van der Waals surface area (Å²) < 4.78 is 1.71. The number of hydrogen-bond acceptors (Lipinski definition) is 4. The second-order valence-electron chi connectivity index (χ2n) is 4.91. The zero-order valence-electron chi connectivity index (χ0n) is 10.5. The van der Waals surface area contributed by atoms with E-state index >= 15 is 0 Å². The summed E-state index contributed by atoms with van der Waals surface area (Å²) in [6, 6.07) is 0.306. The average Bonchev–Trinajstić information content (AvgIpc) is 2.29. The fourth-order valence-electron chi connectivity index (χ4n) is 2.24. The molecule has 1 fully saturated rings. The lowest BCUT2D eigenvalue weighted by Gasteiger charge is -2.31. The topological polar surface area (TPSA) is 64.2 Å². The van der Waals surface area contributed by atoms with Gasteiger partial charge in [-0.05, 0) is 26.7 Å². The largest absolute Gasteiger partial charge is 0.350 e. The molecule has 1 aliphatic rings. The lowest BCUT2D eigenvalue weighted by molar-refractivity contribution is 0.496. The second-order valence-corrected chi connectivity index (χ2v) is 4.91. The van der Waals surface area contributed by atoms with Crippen LogP contribution < -0.4 is 16.2 Å². The molecule has 0 aromatic carbocycles. The minimum Gasteiger partial charge on any atom is -0.350 e. The van der Waals surface area contributed by atoms with E-state index in [1.165, 1.54) is 0 Å². The molecule has 1 aromatic rings. The van der Waals surface area contributed by atoms with E-state index in [9.17, 15) is 4.79 Å². The zero-order chi connectivity index (χ0) is 12.4. The molecule has 1 aromatic heterocycles. The Hall–Kier alpha value is -1.36. The fourth-order valence-corrected chi connectivity index (χ4v) is 2.24. The van der Waals surface area contributed by atoms with Gasteiger partial charge in [0.25, 0.3) is 5.56 Å². The van der Waals surface area contributed by atoms with E-state index in [-0.39, 0.29) is 17.6 Å². The number of nitrogens with zero attached hydrogens (tertiary/aromatic N) is 3. The van der Waals surface area contributed by atoms with Gasteiger partial charge in [-0.2, -0.15) is 0 Å². The summed E-state index contributed by atoms with van der Waals surface area (Å²) in [5.74, 6) is 0.538. The summed E-state index contributed by atoms with van der Waals surface area (Å²) in [4.78, 5) is 18.5. The summed E-state index contributed by atoms with van der Waals surface area (Å²) in [6.45, 7) is 5.59. The second kappa shape index (κ2) is 4.87. The minimum absolute atomic E-state index is 0.0170. The van der Waals surface area contributed by atoms with Gasteiger partial charge in [0.15, 0.2) is 5.82 Å². The van der Waals surface area contributed by atoms with Crippen LogP contribution in [-0.4, -0.2) is 28.7 Å². The van der Waals surface area contributed by atoms with Crippen LogP contribution in [0.15, 0.2) is 17.2 Å². The van der Waals surface area contributed by atoms with E-state index in [0.717, 1.165) is 25.9 Å². The van der Waals surface area contributed by atoms with Crippen molar-refractivity contribution in [3.8, 4) is 0 Å². The molecule has 5 heteroatoms. The maximum absolute atomic E-state index is 12.2. The quantitative estimate of drug-likeness (QED) is 0.823. The zero-order valence-corrected chi connectivity index (χ0v) is 10.5. The Labute approximate surface area is 101 Å². The highest BCUT2D eigenvalue weighted by Gasteiger charge is 2.21. The van der Waals surface area contributed by atoms with Crippen molar-refractivity contribution in [2.24, 2.45) is 5.73 Å². The lowest BCUT2D eigenvalue weighted by Crippen LogP contribution is -2.45. The summed E-state index contributed by atoms with van der Waals surface area (Å²) in [5.41, 5.74) is 5.92. The van der Waals surface area contributed by atoms with Gasteiger partial charge in [0, 0.05) is 37.6 Å². The molecule has 17 heavy (non-hydrogen) atoms. The van der Waals surface area contributed by atoms with Gasteiger partial charge in [-0.3, -0.25) is 4.79 Å². The Kier molecular flexibility index (Phi) is 3.47. The molecule has 2 heterocycles. The van der Waals surface area contributed by atoms with Gasteiger partial charge >= 0.3 is 0 Å². The van der Waals surface area contributed by atoms with Gasteiger partial charge in [0.1, 0.15) is 0 Å². The highest BCUT2D eigenvalue weighted by molar-refractivity contribution is 5.36. The van der Waals surface area contributed by atoms with Gasteiger partial charge in [-0.15, -0.1) is 0 Å². The van der Waals surface area contributed by atoms with Gasteiger partial charge in [0.2, 0.25) is 0 Å². The molecule has 1 aliphatic heterocycles. The smallest absolute Gasteiger partial charge is 0.293 e. The molecule has 1 saturated heterocycles. The van der Waals surface area contributed by atoms with Crippen LogP contribution in [-0.2, 0) is 0 Å². The van der Waals surface area contributed by atoms with Crippen molar-refractivity contribution in [2.75, 3.05) is 18.0 Å². The Morgan fingerprint density at radius 1 is 1.53 bits per heavy atom. The molecule has 1 atom stereocenters. The van der Waals surface area contributed by atoms with Crippen LogP contribution >= 0.6 is 0 Å². The van der Waals surface area contributed by atoms with E-state index in [0.29, 0.717) is 5.82 Å². The standard InChI is InChI=1S/C12H20N4O/c1-9(2)16-7-5-14-11(12(16)17)15-6-3-4-10(13)8-15/h5,7,9-10H,3-4,6,8,13H2,1-2H3/t10-/m1/s1. The predicted octanol–water partition coefficient (Wildman–Crippen LogP) is 0.752. The van der Waals surface area contributed by atoms with Crippen molar-refractivity contribution in [1.29, 1.82) is 0 Å². The van der Waals surface area contributed by atoms with Crippen LogP contribution in [0.3, 0.4) is 0 Å². The third-order valence-electron chi connectivity index (χ3n) is 3.16. The van der Waals surface area contributed by atoms with Crippen molar-refractivity contribution in [3.63, 3.8) is 0 Å². The van der Waals surface area contributed by atoms with Crippen molar-refractivity contribution >= 4 is 5.82 Å². The molecule has 0 unspecified atom stereocenters.